The van der Waals surface area contributed by atoms with E-state index in [2.05, 4.69) is 70.2 Å². The van der Waals surface area contributed by atoms with E-state index < -0.39 is 21.5 Å². The van der Waals surface area contributed by atoms with Gasteiger partial charge in [0.25, 0.3) is 0 Å². The van der Waals surface area contributed by atoms with Crippen molar-refractivity contribution < 1.29 is 23.1 Å². The van der Waals surface area contributed by atoms with Crippen LogP contribution in [-0.4, -0.2) is 67.8 Å². The van der Waals surface area contributed by atoms with E-state index in [9.17, 15) is 13.2 Å². The van der Waals surface area contributed by atoms with Gasteiger partial charge in [-0.1, -0.05) is 6.92 Å². The highest BCUT2D eigenvalue weighted by atomic mass is 32.2. The van der Waals surface area contributed by atoms with E-state index in [1.165, 1.54) is 16.9 Å². The number of carbonyl (C=O) groups is 1. The summed E-state index contributed by atoms with van der Waals surface area (Å²) in [5.41, 5.74) is 4.31. The van der Waals surface area contributed by atoms with Gasteiger partial charge in [-0.15, -0.1) is 0 Å². The summed E-state index contributed by atoms with van der Waals surface area (Å²) in [4.78, 5) is 18.3. The largest absolute Gasteiger partial charge is 0.481 e. The van der Waals surface area contributed by atoms with Gasteiger partial charge in [-0.25, -0.2) is 22.3 Å². The van der Waals surface area contributed by atoms with Crippen molar-refractivity contribution in [2.45, 2.75) is 77.8 Å². The van der Waals surface area contributed by atoms with Crippen LogP contribution in [0, 0.1) is 0 Å². The zero-order valence-electron chi connectivity index (χ0n) is 26.0. The second kappa shape index (κ2) is 10.5. The number of benzene rings is 2. The Hall–Kier alpha value is -3.24. The molecule has 5 rings (SSSR count). The van der Waals surface area contributed by atoms with Crippen LogP contribution in [0.5, 0.6) is 11.5 Å². The average molecular weight is 596 g/mol. The van der Waals surface area contributed by atoms with Crippen LogP contribution < -0.4 is 24.9 Å². The normalized spacial score (nSPS) is 20.0. The zero-order chi connectivity index (χ0) is 30.8. The predicted molar refractivity (Wildman–Crippen MR) is 166 cm³/mol. The minimum absolute atomic E-state index is 0.0318. The lowest BCUT2D eigenvalue weighted by Crippen LogP contribution is -2.50. The third-order valence-electron chi connectivity index (χ3n) is 9.10. The average Bonchev–Trinajstić information content (AvgIpc) is 2.88. The SMILES string of the molecule is CC[N+]1=c2cc3c(cc2C(CS(=O)(=O)N(C)CCCC(=O)O)=CC1(C)C)=Nc1cc2c(cc1O3)N(C)C(C)(C)CC2C. The van der Waals surface area contributed by atoms with E-state index in [4.69, 9.17) is 14.8 Å². The van der Waals surface area contributed by atoms with Crippen molar-refractivity contribution in [3.63, 3.8) is 0 Å². The number of carboxylic acids is 1. The van der Waals surface area contributed by atoms with Gasteiger partial charge in [0.05, 0.1) is 17.4 Å². The third kappa shape index (κ3) is 5.35. The molecule has 226 valence electrons. The summed E-state index contributed by atoms with van der Waals surface area (Å²) in [5, 5.41) is 10.5. The highest BCUT2D eigenvalue weighted by Crippen LogP contribution is 2.48. The first-order chi connectivity index (χ1) is 19.5. The summed E-state index contributed by atoms with van der Waals surface area (Å²) in [7, 11) is -0.0439. The fourth-order valence-corrected chi connectivity index (χ4v) is 7.95. The van der Waals surface area contributed by atoms with Crippen LogP contribution in [0.1, 0.15) is 77.8 Å². The maximum Gasteiger partial charge on any atom is 0.303 e. The van der Waals surface area contributed by atoms with Gasteiger partial charge in [0.15, 0.2) is 17.0 Å². The Labute approximate surface area is 248 Å². The van der Waals surface area contributed by atoms with Crippen molar-refractivity contribution in [3.8, 4) is 11.5 Å². The maximum atomic E-state index is 13.4. The molecule has 3 aliphatic rings. The van der Waals surface area contributed by atoms with E-state index in [-0.39, 0.29) is 30.7 Å². The molecule has 0 spiro atoms. The molecule has 1 atom stereocenters. The van der Waals surface area contributed by atoms with Crippen LogP contribution >= 0.6 is 0 Å². The molecule has 1 N–H and O–H groups in total. The fraction of sp³-hybridized carbons (Fsp3) is 0.531. The van der Waals surface area contributed by atoms with Gasteiger partial charge in [-0.05, 0) is 68.9 Å². The van der Waals surface area contributed by atoms with E-state index in [1.54, 1.807) is 0 Å². The smallest absolute Gasteiger partial charge is 0.303 e. The topological polar surface area (TPSA) is 103 Å². The Morgan fingerprint density at radius 3 is 2.57 bits per heavy atom. The number of carboxylic acid groups (broad SMARTS) is 1. The molecule has 0 fully saturated rings. The van der Waals surface area contributed by atoms with Crippen LogP contribution in [0.25, 0.3) is 5.57 Å². The highest BCUT2D eigenvalue weighted by Gasteiger charge is 2.38. The summed E-state index contributed by atoms with van der Waals surface area (Å²) in [6, 6.07) is 8.19. The number of hydrogen-bond donors (Lipinski definition) is 1. The van der Waals surface area contributed by atoms with Gasteiger partial charge < -0.3 is 14.7 Å². The summed E-state index contributed by atoms with van der Waals surface area (Å²) >= 11 is 0. The van der Waals surface area contributed by atoms with Gasteiger partial charge in [0, 0.05) is 58.2 Å². The Bertz CT molecular complexity index is 1730. The van der Waals surface area contributed by atoms with Crippen molar-refractivity contribution in [2.24, 2.45) is 4.99 Å². The van der Waals surface area contributed by atoms with E-state index in [1.807, 2.05) is 18.2 Å². The predicted octanol–water partition coefficient (Wildman–Crippen LogP) is 4.28. The second-order valence-corrected chi connectivity index (χ2v) is 15.1. The molecule has 1 unspecified atom stereocenters. The van der Waals surface area contributed by atoms with Gasteiger partial charge in [-0.3, -0.25) is 4.79 Å². The van der Waals surface area contributed by atoms with Crippen molar-refractivity contribution in [1.29, 1.82) is 0 Å². The van der Waals surface area contributed by atoms with E-state index >= 15 is 0 Å². The summed E-state index contributed by atoms with van der Waals surface area (Å²) in [6.45, 7) is 13.9. The molecule has 0 radical (unpaired) electrons. The molecule has 0 aromatic heterocycles. The summed E-state index contributed by atoms with van der Waals surface area (Å²) in [5.74, 6) is 0.625. The van der Waals surface area contributed by atoms with Crippen molar-refractivity contribution in [3.05, 3.63) is 52.2 Å². The monoisotopic (exact) mass is 595 g/mol. The summed E-state index contributed by atoms with van der Waals surface area (Å²) in [6.07, 6.45) is 3.25. The zero-order valence-corrected chi connectivity index (χ0v) is 26.8. The molecule has 2 aromatic carbocycles. The van der Waals surface area contributed by atoms with Crippen molar-refractivity contribution >= 4 is 32.9 Å². The number of rotatable bonds is 8. The molecule has 0 amide bonds. The van der Waals surface area contributed by atoms with Gasteiger partial charge >= 0.3 is 5.97 Å². The first kappa shape index (κ1) is 30.2. The molecule has 3 heterocycles. The standard InChI is InChI=1S/C32H42N4O5S/c1-9-36-27-16-29-25(33-24-13-22-20(2)17-31(3,4)35(8)26(22)15-28(24)41-29)14-23(27)21(18-32(36,5)6)19-42(39,40)34(7)12-10-11-30(37)38/h13-16,18,20H,9-12,17,19H2,1-8H3/p+1. The lowest BCUT2D eigenvalue weighted by Gasteiger charge is -2.45. The Morgan fingerprint density at radius 1 is 1.19 bits per heavy atom. The number of hydrogen-bond acceptors (Lipinski definition) is 6. The lowest BCUT2D eigenvalue weighted by molar-refractivity contribution is -0.137. The number of ether oxygens (including phenoxy) is 1. The number of fused-ring (bicyclic) bond motifs is 4. The van der Waals surface area contributed by atoms with Crippen LogP contribution in [0.15, 0.2) is 35.3 Å². The molecule has 2 aromatic rings. The Morgan fingerprint density at radius 2 is 1.90 bits per heavy atom. The molecule has 9 nitrogen and oxygen atoms in total. The van der Waals surface area contributed by atoms with Crippen LogP contribution in [0.2, 0.25) is 0 Å². The number of likely N-dealkylation sites (N-methyl/N-ethyl adjacent to an activating group) is 1. The van der Waals surface area contributed by atoms with Crippen molar-refractivity contribution in [1.82, 2.24) is 8.88 Å². The molecule has 0 aliphatic carbocycles. The molecule has 42 heavy (non-hydrogen) atoms. The first-order valence-electron chi connectivity index (χ1n) is 14.7. The molecule has 0 saturated carbocycles. The molecule has 0 bridgehead atoms. The maximum absolute atomic E-state index is 13.4. The third-order valence-corrected chi connectivity index (χ3v) is 10.9. The second-order valence-electron chi connectivity index (χ2n) is 13.0. The highest BCUT2D eigenvalue weighted by molar-refractivity contribution is 7.89. The fourth-order valence-electron chi connectivity index (χ4n) is 6.69. The Balaban J connectivity index is 1.59. The summed E-state index contributed by atoms with van der Waals surface area (Å²) < 4.78 is 36.9. The van der Waals surface area contributed by atoms with Gasteiger partial charge in [-0.2, -0.15) is 0 Å². The minimum atomic E-state index is -3.69. The quantitative estimate of drug-likeness (QED) is 0.390. The lowest BCUT2D eigenvalue weighted by atomic mass is 9.80. The van der Waals surface area contributed by atoms with Gasteiger partial charge in [0.2, 0.25) is 15.4 Å². The van der Waals surface area contributed by atoms with Gasteiger partial charge in [0.1, 0.15) is 17.6 Å². The molecule has 0 saturated heterocycles. The van der Waals surface area contributed by atoms with E-state index in [0.29, 0.717) is 22.6 Å². The molecule has 3 aliphatic heterocycles. The van der Waals surface area contributed by atoms with E-state index in [0.717, 1.165) is 41.0 Å². The first-order valence-corrected chi connectivity index (χ1v) is 16.3. The number of sulfonamides is 1. The molecular formula is C32H43N4O5S+. The molecular weight excluding hydrogens is 552 g/mol. The number of anilines is 1. The molecule has 10 heteroatoms. The van der Waals surface area contributed by atoms with Crippen molar-refractivity contribution in [2.75, 3.05) is 37.8 Å². The number of aliphatic carboxylic acids is 1. The van der Waals surface area contributed by atoms with Crippen LogP contribution in [0.4, 0.5) is 11.4 Å². The number of nitrogens with zero attached hydrogens (tertiary/aromatic N) is 4. The minimum Gasteiger partial charge on any atom is -0.481 e. The van der Waals surface area contributed by atoms with Crippen LogP contribution in [0.3, 0.4) is 0 Å². The van der Waals surface area contributed by atoms with Crippen LogP contribution in [-0.2, 0) is 14.8 Å². The Kier molecular flexibility index (Phi) is 7.55.